The minimum Gasteiger partial charge on any atom is -0.389 e. The molecule has 25 heavy (non-hydrogen) atoms. The Kier molecular flexibility index (Phi) is 4.46. The second-order valence-electron chi connectivity index (χ2n) is 9.31. The molecule has 3 fully saturated rings. The van der Waals surface area contributed by atoms with E-state index >= 15 is 0 Å². The lowest BCUT2D eigenvalue weighted by molar-refractivity contribution is -0.132. The van der Waals surface area contributed by atoms with Crippen LogP contribution in [0.5, 0.6) is 0 Å². The van der Waals surface area contributed by atoms with Crippen molar-refractivity contribution in [1.29, 1.82) is 0 Å². The van der Waals surface area contributed by atoms with Crippen molar-refractivity contribution in [2.24, 2.45) is 29.1 Å². The normalized spacial score (nSPS) is 46.0. The molecule has 0 unspecified atom stereocenters. The molecule has 2 nitrogen and oxygen atoms in total. The summed E-state index contributed by atoms with van der Waals surface area (Å²) in [4.78, 5) is 11.8. The molecule has 2 heteroatoms. The lowest BCUT2D eigenvalue weighted by atomic mass is 9.49. The van der Waals surface area contributed by atoms with Crippen molar-refractivity contribution < 1.29 is 9.90 Å². The second kappa shape index (κ2) is 6.37. The van der Waals surface area contributed by atoms with Gasteiger partial charge in [-0.3, -0.25) is 4.79 Å². The molecule has 0 radical (unpaired) electrons. The lowest BCUT2D eigenvalue weighted by Gasteiger charge is -2.57. The van der Waals surface area contributed by atoms with Gasteiger partial charge in [-0.05, 0) is 87.5 Å². The first-order chi connectivity index (χ1) is 12.0. The summed E-state index contributed by atoms with van der Waals surface area (Å²) in [6, 6.07) is 0. The molecular formula is C23H34O2. The Labute approximate surface area is 152 Å². The van der Waals surface area contributed by atoms with Gasteiger partial charge in [-0.1, -0.05) is 25.0 Å². The summed E-state index contributed by atoms with van der Waals surface area (Å²) in [5.74, 6) is 3.20. The molecule has 0 saturated heterocycles. The van der Waals surface area contributed by atoms with Crippen LogP contribution >= 0.6 is 0 Å². The van der Waals surface area contributed by atoms with Gasteiger partial charge >= 0.3 is 0 Å². The summed E-state index contributed by atoms with van der Waals surface area (Å²) in [6.45, 7) is 6.22. The lowest BCUT2D eigenvalue weighted by Crippen LogP contribution is -2.54. The van der Waals surface area contributed by atoms with Crippen LogP contribution < -0.4 is 0 Å². The highest BCUT2D eigenvalue weighted by atomic mass is 16.3. The van der Waals surface area contributed by atoms with E-state index in [-0.39, 0.29) is 5.41 Å². The fourth-order valence-electron chi connectivity index (χ4n) is 7.64. The van der Waals surface area contributed by atoms with Gasteiger partial charge in [0.1, 0.15) is 0 Å². The molecule has 0 amide bonds. The maximum atomic E-state index is 11.8. The van der Waals surface area contributed by atoms with Crippen molar-refractivity contribution >= 4 is 5.78 Å². The average molecular weight is 343 g/mol. The molecule has 1 N–H and O–H groups in total. The van der Waals surface area contributed by atoms with Crippen LogP contribution in [0.1, 0.15) is 77.6 Å². The summed E-state index contributed by atoms with van der Waals surface area (Å²) in [6.07, 6.45) is 15.8. The van der Waals surface area contributed by atoms with Gasteiger partial charge < -0.3 is 5.11 Å². The number of rotatable bonds is 4. The first-order valence-electron chi connectivity index (χ1n) is 10.6. The van der Waals surface area contributed by atoms with Crippen LogP contribution in [0.2, 0.25) is 0 Å². The highest BCUT2D eigenvalue weighted by Crippen LogP contribution is 2.67. The Bertz CT molecular complexity index is 591. The molecule has 6 atom stereocenters. The monoisotopic (exact) mass is 342 g/mol. The van der Waals surface area contributed by atoms with Crippen molar-refractivity contribution in [3.63, 3.8) is 0 Å². The molecule has 0 aliphatic heterocycles. The second-order valence-corrected chi connectivity index (χ2v) is 9.31. The van der Waals surface area contributed by atoms with Gasteiger partial charge in [0.2, 0.25) is 0 Å². The molecule has 4 aliphatic carbocycles. The molecule has 4 aliphatic rings. The van der Waals surface area contributed by atoms with Crippen molar-refractivity contribution in [2.75, 3.05) is 0 Å². The molecule has 0 bridgehead atoms. The standard InChI is InChI=1S/C23H34O2/c1-3-11-22-13-9-19-18-8-6-17(24)15-16(18)5-7-20(19)21(22)10-14-23(22,25)12-4-2/h4,15,18-21,25H,2-3,5-14H2,1H3/t18-,19+,20+,21-,22-,23-/m0/s1. The van der Waals surface area contributed by atoms with E-state index in [1.54, 1.807) is 0 Å². The summed E-state index contributed by atoms with van der Waals surface area (Å²) < 4.78 is 0. The van der Waals surface area contributed by atoms with Crippen LogP contribution in [0.15, 0.2) is 24.3 Å². The fraction of sp³-hybridized carbons (Fsp3) is 0.783. The Balaban J connectivity index is 1.65. The van der Waals surface area contributed by atoms with Gasteiger partial charge in [0, 0.05) is 11.8 Å². The third-order valence-electron chi connectivity index (χ3n) is 8.48. The molecule has 3 saturated carbocycles. The largest absolute Gasteiger partial charge is 0.389 e. The fourth-order valence-corrected chi connectivity index (χ4v) is 7.64. The zero-order chi connectivity index (χ0) is 17.7. The number of aliphatic hydroxyl groups is 1. The predicted molar refractivity (Wildman–Crippen MR) is 101 cm³/mol. The van der Waals surface area contributed by atoms with Gasteiger partial charge in [0.15, 0.2) is 5.78 Å². The molecule has 0 aromatic heterocycles. The summed E-state index contributed by atoms with van der Waals surface area (Å²) in [5, 5.41) is 11.6. The molecule has 0 aromatic carbocycles. The van der Waals surface area contributed by atoms with Crippen LogP contribution in [0.25, 0.3) is 0 Å². The maximum Gasteiger partial charge on any atom is 0.155 e. The first kappa shape index (κ1) is 17.5. The van der Waals surface area contributed by atoms with E-state index in [0.717, 1.165) is 56.8 Å². The van der Waals surface area contributed by atoms with E-state index in [1.807, 2.05) is 12.2 Å². The zero-order valence-corrected chi connectivity index (χ0v) is 15.8. The van der Waals surface area contributed by atoms with Crippen molar-refractivity contribution in [3.8, 4) is 0 Å². The van der Waals surface area contributed by atoms with Crippen LogP contribution in [-0.4, -0.2) is 16.5 Å². The molecular weight excluding hydrogens is 308 g/mol. The topological polar surface area (TPSA) is 37.3 Å². The first-order valence-corrected chi connectivity index (χ1v) is 10.6. The van der Waals surface area contributed by atoms with Crippen molar-refractivity contribution in [2.45, 2.75) is 83.2 Å². The number of fused-ring (bicyclic) bond motifs is 5. The van der Waals surface area contributed by atoms with Crippen LogP contribution in [-0.2, 0) is 4.79 Å². The third-order valence-corrected chi connectivity index (χ3v) is 8.48. The Morgan fingerprint density at radius 2 is 2.04 bits per heavy atom. The van der Waals surface area contributed by atoms with Crippen molar-refractivity contribution in [1.82, 2.24) is 0 Å². The van der Waals surface area contributed by atoms with Gasteiger partial charge in [0.25, 0.3) is 0 Å². The zero-order valence-electron chi connectivity index (χ0n) is 15.8. The Hall–Kier alpha value is -0.890. The van der Waals surface area contributed by atoms with E-state index in [9.17, 15) is 9.90 Å². The number of ketones is 1. The maximum absolute atomic E-state index is 11.8. The van der Waals surface area contributed by atoms with E-state index in [2.05, 4.69) is 13.5 Å². The quantitative estimate of drug-likeness (QED) is 0.712. The van der Waals surface area contributed by atoms with Gasteiger partial charge in [-0.15, -0.1) is 6.58 Å². The van der Waals surface area contributed by atoms with Gasteiger partial charge in [-0.2, -0.15) is 0 Å². The van der Waals surface area contributed by atoms with Crippen LogP contribution in [0.4, 0.5) is 0 Å². The summed E-state index contributed by atoms with van der Waals surface area (Å²) in [5.41, 5.74) is 1.04. The smallest absolute Gasteiger partial charge is 0.155 e. The predicted octanol–water partition coefficient (Wildman–Crippen LogP) is 5.22. The number of carbonyl (C=O) groups is 1. The molecule has 0 spiro atoms. The molecule has 0 aromatic rings. The van der Waals surface area contributed by atoms with Crippen LogP contribution in [0, 0.1) is 29.1 Å². The van der Waals surface area contributed by atoms with Crippen molar-refractivity contribution in [3.05, 3.63) is 24.3 Å². The minimum absolute atomic E-state index is 0.114. The number of allylic oxidation sites excluding steroid dienone is 1. The SMILES string of the molecule is C=CC[C@]1(O)CC[C@H]2[C@@H]3CCC4=CC(=O)CC[C@@H]4[C@H]3CC[C@@]21CCC. The van der Waals surface area contributed by atoms with Crippen LogP contribution in [0.3, 0.4) is 0 Å². The Morgan fingerprint density at radius 3 is 2.80 bits per heavy atom. The van der Waals surface area contributed by atoms with E-state index in [4.69, 9.17) is 0 Å². The Morgan fingerprint density at radius 1 is 1.20 bits per heavy atom. The molecule has 0 heterocycles. The van der Waals surface area contributed by atoms with E-state index < -0.39 is 5.60 Å². The average Bonchev–Trinajstić information content (AvgIpc) is 2.88. The van der Waals surface area contributed by atoms with Gasteiger partial charge in [-0.25, -0.2) is 0 Å². The van der Waals surface area contributed by atoms with Gasteiger partial charge in [0.05, 0.1) is 5.60 Å². The van der Waals surface area contributed by atoms with E-state index in [1.165, 1.54) is 31.3 Å². The highest BCUT2D eigenvalue weighted by molar-refractivity contribution is 5.91. The summed E-state index contributed by atoms with van der Waals surface area (Å²) >= 11 is 0. The highest BCUT2D eigenvalue weighted by Gasteiger charge is 2.63. The number of hydrogen-bond acceptors (Lipinski definition) is 2. The third kappa shape index (κ3) is 2.51. The number of carbonyl (C=O) groups excluding carboxylic acids is 1. The summed E-state index contributed by atoms with van der Waals surface area (Å²) in [7, 11) is 0. The minimum atomic E-state index is -0.529. The molecule has 138 valence electrons. The number of hydrogen-bond donors (Lipinski definition) is 1. The van der Waals surface area contributed by atoms with E-state index in [0.29, 0.717) is 17.6 Å². The molecule has 4 rings (SSSR count).